The van der Waals surface area contributed by atoms with Crippen molar-refractivity contribution in [3.63, 3.8) is 0 Å². The van der Waals surface area contributed by atoms with Crippen molar-refractivity contribution < 1.29 is 38.1 Å². The number of ether oxygens (including phenoxy) is 2. The molecule has 0 heterocycles. The second-order valence-corrected chi connectivity index (χ2v) is 7.70. The van der Waals surface area contributed by atoms with Crippen molar-refractivity contribution in [2.45, 2.75) is 26.1 Å². The van der Waals surface area contributed by atoms with E-state index in [2.05, 4.69) is 5.32 Å². The van der Waals surface area contributed by atoms with E-state index in [0.29, 0.717) is 11.1 Å². The summed E-state index contributed by atoms with van der Waals surface area (Å²) in [7, 11) is 0. The third-order valence-electron chi connectivity index (χ3n) is 4.88. The van der Waals surface area contributed by atoms with Crippen LogP contribution in [-0.2, 0) is 19.1 Å². The SMILES string of the molecule is Cc1cccc(C(=O)O[C@H](C(=O)O)[C@H](OC(=O)c2cccc(C)c2)C(=O)Nc2ccccc2F)c1. The first-order valence-corrected chi connectivity index (χ1v) is 10.5. The predicted octanol–water partition coefficient (Wildman–Crippen LogP) is 3.92. The standard InChI is InChI=1S/C26H22FNO7/c1-15-7-5-9-17(13-15)25(32)34-21(23(29)28-20-12-4-3-11-19(20)27)22(24(30)31)35-26(33)18-10-6-8-16(2)14-18/h3-14,21-22H,1-2H3,(H,28,29)(H,30,31)/t21-,22-/m0/s1. The second-order valence-electron chi connectivity index (χ2n) is 7.70. The van der Waals surface area contributed by atoms with E-state index in [-0.39, 0.29) is 16.8 Å². The number of anilines is 1. The molecule has 0 radical (unpaired) electrons. The Balaban J connectivity index is 1.93. The molecule has 3 aromatic carbocycles. The summed E-state index contributed by atoms with van der Waals surface area (Å²) < 4.78 is 24.4. The molecule has 2 atom stereocenters. The number of nitrogens with one attached hydrogen (secondary N) is 1. The number of rotatable bonds is 8. The van der Waals surface area contributed by atoms with Gasteiger partial charge >= 0.3 is 17.9 Å². The molecule has 0 aromatic heterocycles. The van der Waals surface area contributed by atoms with Crippen LogP contribution in [0.2, 0.25) is 0 Å². The van der Waals surface area contributed by atoms with E-state index in [1.165, 1.54) is 42.5 Å². The molecule has 0 aliphatic rings. The van der Waals surface area contributed by atoms with E-state index in [1.54, 1.807) is 38.1 Å². The Morgan fingerprint density at radius 1 is 0.771 bits per heavy atom. The highest BCUT2D eigenvalue weighted by molar-refractivity contribution is 6.01. The number of carbonyl (C=O) groups excluding carboxylic acids is 3. The molecule has 3 aromatic rings. The monoisotopic (exact) mass is 479 g/mol. The van der Waals surface area contributed by atoms with Crippen molar-refractivity contribution >= 4 is 29.5 Å². The van der Waals surface area contributed by atoms with Crippen LogP contribution in [0.5, 0.6) is 0 Å². The van der Waals surface area contributed by atoms with Gasteiger partial charge in [0.2, 0.25) is 12.2 Å². The Kier molecular flexibility index (Phi) is 7.93. The normalized spacial score (nSPS) is 12.2. The van der Waals surface area contributed by atoms with Gasteiger partial charge in [0.05, 0.1) is 16.8 Å². The highest BCUT2D eigenvalue weighted by atomic mass is 19.1. The number of esters is 2. The Labute approximate surface area is 200 Å². The number of aliphatic carboxylic acids is 1. The molecule has 3 rings (SSSR count). The molecule has 0 aliphatic carbocycles. The number of para-hydroxylation sites is 1. The predicted molar refractivity (Wildman–Crippen MR) is 123 cm³/mol. The van der Waals surface area contributed by atoms with E-state index in [0.717, 1.165) is 6.07 Å². The summed E-state index contributed by atoms with van der Waals surface area (Å²) in [5.41, 5.74) is 1.24. The van der Waals surface area contributed by atoms with E-state index in [4.69, 9.17) is 9.47 Å². The fourth-order valence-corrected chi connectivity index (χ4v) is 3.17. The smallest absolute Gasteiger partial charge is 0.349 e. The minimum absolute atomic E-state index is 0.0366. The number of carboxylic acid groups (broad SMARTS) is 1. The molecule has 35 heavy (non-hydrogen) atoms. The van der Waals surface area contributed by atoms with Crippen molar-refractivity contribution in [1.29, 1.82) is 0 Å². The summed E-state index contributed by atoms with van der Waals surface area (Å²) in [6, 6.07) is 17.5. The molecule has 0 saturated heterocycles. The Hall–Kier alpha value is -4.53. The lowest BCUT2D eigenvalue weighted by Gasteiger charge is -2.23. The minimum atomic E-state index is -2.22. The maximum Gasteiger partial charge on any atom is 0.349 e. The first-order valence-electron chi connectivity index (χ1n) is 10.5. The van der Waals surface area contributed by atoms with Gasteiger partial charge in [0.25, 0.3) is 5.91 Å². The summed E-state index contributed by atoms with van der Waals surface area (Å²) >= 11 is 0. The topological polar surface area (TPSA) is 119 Å². The number of benzene rings is 3. The van der Waals surface area contributed by atoms with Crippen LogP contribution in [0, 0.1) is 19.7 Å². The highest BCUT2D eigenvalue weighted by Crippen LogP contribution is 2.18. The van der Waals surface area contributed by atoms with Crippen molar-refractivity contribution in [3.8, 4) is 0 Å². The zero-order valence-corrected chi connectivity index (χ0v) is 18.9. The van der Waals surface area contributed by atoms with Crippen molar-refractivity contribution in [1.82, 2.24) is 0 Å². The van der Waals surface area contributed by atoms with Crippen molar-refractivity contribution in [2.75, 3.05) is 5.32 Å². The zero-order chi connectivity index (χ0) is 25.5. The van der Waals surface area contributed by atoms with Gasteiger partial charge in [-0.3, -0.25) is 4.79 Å². The van der Waals surface area contributed by atoms with Crippen LogP contribution < -0.4 is 5.32 Å². The van der Waals surface area contributed by atoms with E-state index in [1.807, 2.05) is 0 Å². The minimum Gasteiger partial charge on any atom is -0.478 e. The van der Waals surface area contributed by atoms with Crippen LogP contribution in [0.3, 0.4) is 0 Å². The fraction of sp³-hybridized carbons (Fsp3) is 0.154. The molecule has 0 unspecified atom stereocenters. The van der Waals surface area contributed by atoms with Gasteiger partial charge < -0.3 is 19.9 Å². The number of aryl methyl sites for hydroxylation is 2. The molecule has 0 fully saturated rings. The first kappa shape index (κ1) is 25.1. The van der Waals surface area contributed by atoms with Gasteiger partial charge in [-0.1, -0.05) is 47.5 Å². The van der Waals surface area contributed by atoms with E-state index in [9.17, 15) is 28.7 Å². The van der Waals surface area contributed by atoms with Gasteiger partial charge in [-0.25, -0.2) is 18.8 Å². The maximum atomic E-state index is 14.1. The number of amides is 1. The molecule has 1 amide bonds. The van der Waals surface area contributed by atoms with Gasteiger partial charge in [-0.2, -0.15) is 0 Å². The van der Waals surface area contributed by atoms with Crippen LogP contribution >= 0.6 is 0 Å². The number of carboxylic acids is 1. The Bertz CT molecular complexity index is 1270. The molecule has 0 saturated carbocycles. The lowest BCUT2D eigenvalue weighted by molar-refractivity contribution is -0.157. The Morgan fingerprint density at radius 2 is 1.29 bits per heavy atom. The average Bonchev–Trinajstić information content (AvgIpc) is 2.82. The number of halogens is 1. The largest absolute Gasteiger partial charge is 0.478 e. The number of hydrogen-bond donors (Lipinski definition) is 2. The second kappa shape index (κ2) is 11.1. The summed E-state index contributed by atoms with van der Waals surface area (Å²) in [5, 5.41) is 12.0. The van der Waals surface area contributed by atoms with Crippen LogP contribution in [0.1, 0.15) is 31.8 Å². The maximum absolute atomic E-state index is 14.1. The lowest BCUT2D eigenvalue weighted by atomic mass is 10.1. The zero-order valence-electron chi connectivity index (χ0n) is 18.9. The molecule has 2 N–H and O–H groups in total. The molecule has 0 aliphatic heterocycles. The fourth-order valence-electron chi connectivity index (χ4n) is 3.17. The van der Waals surface area contributed by atoms with Crippen LogP contribution in [0.15, 0.2) is 72.8 Å². The van der Waals surface area contributed by atoms with E-state index >= 15 is 0 Å². The Morgan fingerprint density at radius 3 is 1.77 bits per heavy atom. The summed E-state index contributed by atoms with van der Waals surface area (Å²) in [4.78, 5) is 50.4. The first-order chi connectivity index (χ1) is 16.7. The molecule has 0 spiro atoms. The van der Waals surface area contributed by atoms with Gasteiger partial charge in [0.1, 0.15) is 5.82 Å². The summed E-state index contributed by atoms with van der Waals surface area (Å²) in [6.45, 7) is 3.45. The van der Waals surface area contributed by atoms with Crippen LogP contribution in [0.25, 0.3) is 0 Å². The van der Waals surface area contributed by atoms with Gasteiger partial charge in [-0.05, 0) is 50.2 Å². The molecule has 0 bridgehead atoms. The third kappa shape index (κ3) is 6.50. The quantitative estimate of drug-likeness (QED) is 0.470. The van der Waals surface area contributed by atoms with Crippen molar-refractivity contribution in [3.05, 3.63) is 101 Å². The van der Waals surface area contributed by atoms with Gasteiger partial charge in [-0.15, -0.1) is 0 Å². The van der Waals surface area contributed by atoms with Gasteiger partial charge in [0.15, 0.2) is 0 Å². The summed E-state index contributed by atoms with van der Waals surface area (Å²) in [6.07, 6.45) is -4.35. The van der Waals surface area contributed by atoms with Crippen LogP contribution in [0.4, 0.5) is 10.1 Å². The highest BCUT2D eigenvalue weighted by Gasteiger charge is 2.41. The van der Waals surface area contributed by atoms with Gasteiger partial charge in [0, 0.05) is 0 Å². The number of hydrogen-bond acceptors (Lipinski definition) is 6. The third-order valence-corrected chi connectivity index (χ3v) is 4.88. The van der Waals surface area contributed by atoms with E-state index < -0.39 is 41.8 Å². The van der Waals surface area contributed by atoms with Crippen LogP contribution in [-0.4, -0.2) is 41.1 Å². The molecular formula is C26H22FNO7. The molecule has 180 valence electrons. The molecule has 9 heteroatoms. The van der Waals surface area contributed by atoms with Crippen molar-refractivity contribution in [2.24, 2.45) is 0 Å². The molecular weight excluding hydrogens is 457 g/mol. The lowest BCUT2D eigenvalue weighted by Crippen LogP contribution is -2.48. The average molecular weight is 479 g/mol. The number of carbonyl (C=O) groups is 4. The molecule has 8 nitrogen and oxygen atoms in total. The summed E-state index contributed by atoms with van der Waals surface area (Å²) in [5.74, 6) is -5.80.